The van der Waals surface area contributed by atoms with Crippen LogP contribution in [0.2, 0.25) is 0 Å². The number of amides is 1. The van der Waals surface area contributed by atoms with Gasteiger partial charge in [0, 0.05) is 31.3 Å². The first-order valence-electron chi connectivity index (χ1n) is 13.7. The van der Waals surface area contributed by atoms with Gasteiger partial charge in [-0.25, -0.2) is 0 Å². The summed E-state index contributed by atoms with van der Waals surface area (Å²) < 4.78 is 5.38. The van der Waals surface area contributed by atoms with Gasteiger partial charge in [-0.15, -0.1) is 0 Å². The first-order valence-corrected chi connectivity index (χ1v) is 13.7. The van der Waals surface area contributed by atoms with E-state index in [1.54, 1.807) is 0 Å². The molecule has 1 aromatic carbocycles. The fourth-order valence-corrected chi connectivity index (χ4v) is 7.94. The minimum atomic E-state index is -0.194. The lowest BCUT2D eigenvalue weighted by molar-refractivity contribution is -0.135. The number of ketones is 1. The van der Waals surface area contributed by atoms with E-state index in [2.05, 4.69) is 19.9 Å². The van der Waals surface area contributed by atoms with E-state index in [1.165, 1.54) is 11.1 Å². The number of carbonyl (C=O) groups is 2. The number of ether oxygens (including phenoxy) is 1. The summed E-state index contributed by atoms with van der Waals surface area (Å²) in [5.74, 6) is 3.03. The number of nitrogens with zero attached hydrogens (tertiary/aromatic N) is 1. The number of carbonyl (C=O) groups excluding carboxylic acids is 2. The lowest BCUT2D eigenvalue weighted by atomic mass is 9.54. The molecule has 0 unspecified atom stereocenters. The molecule has 34 heavy (non-hydrogen) atoms. The number of fused-ring (bicyclic) bond motifs is 5. The van der Waals surface area contributed by atoms with Crippen LogP contribution < -0.4 is 0 Å². The summed E-state index contributed by atoms with van der Waals surface area (Å²) in [6.07, 6.45) is 9.25. The second-order valence-corrected chi connectivity index (χ2v) is 11.5. The van der Waals surface area contributed by atoms with Crippen LogP contribution in [0.25, 0.3) is 0 Å². The molecular weight excluding hydrogens is 426 g/mol. The van der Waals surface area contributed by atoms with Crippen LogP contribution in [0.4, 0.5) is 0 Å². The average Bonchev–Trinajstić information content (AvgIpc) is 3.10. The molecule has 5 nitrogen and oxygen atoms in total. The molecular formula is C29H41NO4. The van der Waals surface area contributed by atoms with E-state index >= 15 is 0 Å². The molecule has 3 fully saturated rings. The zero-order valence-corrected chi connectivity index (χ0v) is 21.0. The Hall–Kier alpha value is -1.88. The maximum Gasteiger partial charge on any atom is 0.222 e. The quantitative estimate of drug-likeness (QED) is 0.638. The van der Waals surface area contributed by atoms with Crippen LogP contribution >= 0.6 is 0 Å². The zero-order chi connectivity index (χ0) is 23.9. The van der Waals surface area contributed by atoms with E-state index in [1.807, 2.05) is 11.0 Å². The number of hydrogen-bond acceptors (Lipinski definition) is 4. The molecule has 0 aromatic heterocycles. The minimum absolute atomic E-state index is 0.194. The Morgan fingerprint density at radius 2 is 2.03 bits per heavy atom. The first kappa shape index (κ1) is 23.8. The Kier molecular flexibility index (Phi) is 6.76. The van der Waals surface area contributed by atoms with Crippen molar-refractivity contribution in [2.75, 3.05) is 26.3 Å². The van der Waals surface area contributed by atoms with Crippen LogP contribution in [0.1, 0.15) is 87.8 Å². The fraction of sp³-hybridized carbons (Fsp3) is 0.724. The number of rotatable bonds is 6. The topological polar surface area (TPSA) is 66.8 Å². The van der Waals surface area contributed by atoms with Crippen molar-refractivity contribution < 1.29 is 19.4 Å². The van der Waals surface area contributed by atoms with Crippen molar-refractivity contribution in [2.45, 2.75) is 84.0 Å². The highest BCUT2D eigenvalue weighted by atomic mass is 16.5. The van der Waals surface area contributed by atoms with Gasteiger partial charge in [-0.1, -0.05) is 26.3 Å². The van der Waals surface area contributed by atoms with Crippen molar-refractivity contribution >= 4 is 11.7 Å². The predicted molar refractivity (Wildman–Crippen MR) is 132 cm³/mol. The third kappa shape index (κ3) is 4.19. The summed E-state index contributed by atoms with van der Waals surface area (Å²) in [6.45, 7) is 7.10. The van der Waals surface area contributed by atoms with Crippen molar-refractivity contribution in [1.82, 2.24) is 4.90 Å². The maximum atomic E-state index is 13.3. The molecule has 1 aromatic rings. The van der Waals surface area contributed by atoms with Crippen molar-refractivity contribution in [3.05, 3.63) is 28.8 Å². The van der Waals surface area contributed by atoms with Crippen LogP contribution in [-0.4, -0.2) is 48.0 Å². The highest BCUT2D eigenvalue weighted by molar-refractivity contribution is 5.87. The molecule has 1 saturated heterocycles. The molecule has 0 radical (unpaired) electrons. The lowest BCUT2D eigenvalue weighted by Gasteiger charge is -2.50. The molecule has 5 atom stereocenters. The second-order valence-electron chi connectivity index (χ2n) is 11.5. The third-order valence-electron chi connectivity index (χ3n) is 9.62. The van der Waals surface area contributed by atoms with Gasteiger partial charge in [0.25, 0.3) is 0 Å². The first-order chi connectivity index (χ1) is 16.4. The van der Waals surface area contributed by atoms with E-state index < -0.39 is 0 Å². The van der Waals surface area contributed by atoms with Crippen LogP contribution in [0.15, 0.2) is 12.1 Å². The van der Waals surface area contributed by atoms with Crippen LogP contribution in [0.3, 0.4) is 0 Å². The van der Waals surface area contributed by atoms with Crippen LogP contribution in [0.5, 0.6) is 5.75 Å². The van der Waals surface area contributed by atoms with Crippen molar-refractivity contribution in [2.24, 2.45) is 23.2 Å². The largest absolute Gasteiger partial charge is 0.508 e. The number of aryl methyl sites for hydroxylation is 2. The Bertz CT molecular complexity index is 936. The SMILES string of the molecule is CCCc1cc2c(cc1O)CC[C@H]1[C@@H]3[C@H](CCCC(=O)N4CCOCC4)CC(=O)[C@@]3(C)CC[C@H]21. The second kappa shape index (κ2) is 9.64. The van der Waals surface area contributed by atoms with Gasteiger partial charge in [0.05, 0.1) is 13.2 Å². The molecule has 2 saturated carbocycles. The van der Waals surface area contributed by atoms with E-state index in [0.29, 0.717) is 74.3 Å². The number of aromatic hydroxyl groups is 1. The van der Waals surface area contributed by atoms with Gasteiger partial charge < -0.3 is 14.7 Å². The monoisotopic (exact) mass is 467 g/mol. The predicted octanol–water partition coefficient (Wildman–Crippen LogP) is 5.03. The molecule has 1 N–H and O–H groups in total. The highest BCUT2D eigenvalue weighted by Gasteiger charge is 2.58. The van der Waals surface area contributed by atoms with E-state index in [-0.39, 0.29) is 11.3 Å². The van der Waals surface area contributed by atoms with Crippen molar-refractivity contribution in [3.63, 3.8) is 0 Å². The lowest BCUT2D eigenvalue weighted by Crippen LogP contribution is -2.44. The average molecular weight is 468 g/mol. The highest BCUT2D eigenvalue weighted by Crippen LogP contribution is 2.62. The molecule has 1 heterocycles. The molecule has 186 valence electrons. The number of hydrogen-bond donors (Lipinski definition) is 1. The van der Waals surface area contributed by atoms with Crippen molar-refractivity contribution in [1.29, 1.82) is 0 Å². The smallest absolute Gasteiger partial charge is 0.222 e. The van der Waals surface area contributed by atoms with Gasteiger partial charge in [-0.05, 0) is 91.4 Å². The maximum absolute atomic E-state index is 13.3. The summed E-state index contributed by atoms with van der Waals surface area (Å²) in [7, 11) is 0. The van der Waals surface area contributed by atoms with E-state index in [4.69, 9.17) is 4.74 Å². The fourth-order valence-electron chi connectivity index (χ4n) is 7.94. The zero-order valence-electron chi connectivity index (χ0n) is 21.0. The van der Waals surface area contributed by atoms with Gasteiger partial charge in [0.15, 0.2) is 0 Å². The van der Waals surface area contributed by atoms with Crippen molar-refractivity contribution in [3.8, 4) is 5.75 Å². The van der Waals surface area contributed by atoms with Crippen LogP contribution in [0, 0.1) is 23.2 Å². The van der Waals surface area contributed by atoms with E-state index in [0.717, 1.165) is 56.9 Å². The number of morpholine rings is 1. The third-order valence-corrected chi connectivity index (χ3v) is 9.62. The Balaban J connectivity index is 1.32. The van der Waals surface area contributed by atoms with Gasteiger partial charge in [0.2, 0.25) is 5.91 Å². The Morgan fingerprint density at radius 3 is 2.79 bits per heavy atom. The summed E-state index contributed by atoms with van der Waals surface area (Å²) in [5.41, 5.74) is 3.65. The van der Waals surface area contributed by atoms with Gasteiger partial charge >= 0.3 is 0 Å². The standard InChI is InChI=1S/C29H41NO4/c1-3-5-20-16-24-19(17-25(20)31)8-9-23-22(24)10-11-29(2)26(32)18-21(28(23)29)6-4-7-27(33)30-12-14-34-15-13-30/h16-17,21-23,28,31H,3-15,18H2,1-2H3/t21-,22+,23-,28+,29-/m1/s1. The molecule has 3 aliphatic carbocycles. The van der Waals surface area contributed by atoms with Gasteiger partial charge in [0.1, 0.15) is 11.5 Å². The Morgan fingerprint density at radius 1 is 1.24 bits per heavy atom. The van der Waals surface area contributed by atoms with Crippen LogP contribution in [-0.2, 0) is 27.2 Å². The molecule has 1 amide bonds. The molecule has 1 aliphatic heterocycles. The molecule has 5 rings (SSSR count). The number of Topliss-reactive ketones (excluding diaryl/α,β-unsaturated/α-hetero) is 1. The van der Waals surface area contributed by atoms with Gasteiger partial charge in [-0.3, -0.25) is 9.59 Å². The number of benzene rings is 1. The normalized spacial score (nSPS) is 32.8. The summed E-state index contributed by atoms with van der Waals surface area (Å²) in [6, 6.07) is 4.32. The molecule has 4 aliphatic rings. The van der Waals surface area contributed by atoms with E-state index in [9.17, 15) is 14.7 Å². The number of phenolic OH excluding ortho intramolecular Hbond substituents is 1. The Labute approximate surface area is 204 Å². The summed E-state index contributed by atoms with van der Waals surface area (Å²) >= 11 is 0. The molecule has 0 bridgehead atoms. The minimum Gasteiger partial charge on any atom is -0.508 e. The molecule has 5 heteroatoms. The van der Waals surface area contributed by atoms with Gasteiger partial charge in [-0.2, -0.15) is 0 Å². The number of phenols is 1. The molecule has 0 spiro atoms. The summed E-state index contributed by atoms with van der Waals surface area (Å²) in [5, 5.41) is 10.5. The summed E-state index contributed by atoms with van der Waals surface area (Å²) in [4.78, 5) is 27.8.